The highest BCUT2D eigenvalue weighted by Crippen LogP contribution is 2.25. The molecule has 2 atom stereocenters. The zero-order valence-corrected chi connectivity index (χ0v) is 13.1. The van der Waals surface area contributed by atoms with Crippen LogP contribution in [-0.2, 0) is 4.79 Å². The number of rotatable bonds is 4. The molecular formula is C15H27N3O3. The number of hydrogen-bond acceptors (Lipinski definition) is 3. The molecule has 2 aliphatic heterocycles. The van der Waals surface area contributed by atoms with E-state index in [2.05, 4.69) is 4.90 Å². The molecule has 2 unspecified atom stereocenters. The summed E-state index contributed by atoms with van der Waals surface area (Å²) in [5.41, 5.74) is 0. The number of aliphatic carboxylic acids is 1. The third-order valence-electron chi connectivity index (χ3n) is 4.48. The molecule has 0 aromatic carbocycles. The van der Waals surface area contributed by atoms with Gasteiger partial charge in [0.15, 0.2) is 0 Å². The fourth-order valence-corrected chi connectivity index (χ4v) is 3.53. The lowest BCUT2D eigenvalue weighted by Gasteiger charge is -2.39. The first-order chi connectivity index (χ1) is 9.99. The molecular weight excluding hydrogens is 270 g/mol. The van der Waals surface area contributed by atoms with Gasteiger partial charge in [0.05, 0.1) is 6.42 Å². The van der Waals surface area contributed by atoms with Crippen molar-refractivity contribution >= 4 is 12.0 Å². The highest BCUT2D eigenvalue weighted by Gasteiger charge is 2.36. The summed E-state index contributed by atoms with van der Waals surface area (Å²) >= 11 is 0. The van der Waals surface area contributed by atoms with E-state index in [4.69, 9.17) is 5.11 Å². The van der Waals surface area contributed by atoms with E-state index in [0.29, 0.717) is 6.54 Å². The van der Waals surface area contributed by atoms with E-state index in [-0.39, 0.29) is 24.5 Å². The summed E-state index contributed by atoms with van der Waals surface area (Å²) in [6, 6.07) is 0.176. The number of likely N-dealkylation sites (tertiary alicyclic amines) is 2. The van der Waals surface area contributed by atoms with E-state index in [1.807, 2.05) is 23.9 Å². The van der Waals surface area contributed by atoms with E-state index in [1.54, 1.807) is 0 Å². The quantitative estimate of drug-likeness (QED) is 0.853. The van der Waals surface area contributed by atoms with Crippen molar-refractivity contribution < 1.29 is 14.7 Å². The molecule has 120 valence electrons. The maximum atomic E-state index is 12.8. The van der Waals surface area contributed by atoms with Gasteiger partial charge in [-0.2, -0.15) is 0 Å². The third-order valence-corrected chi connectivity index (χ3v) is 4.48. The number of carboxylic acids is 1. The lowest BCUT2D eigenvalue weighted by molar-refractivity contribution is -0.138. The Kier molecular flexibility index (Phi) is 5.45. The van der Waals surface area contributed by atoms with Crippen LogP contribution in [0.4, 0.5) is 4.79 Å². The normalized spacial score (nSPS) is 26.4. The zero-order chi connectivity index (χ0) is 15.4. The molecule has 0 aromatic rings. The Labute approximate surface area is 126 Å². The number of nitrogens with zero attached hydrogens (tertiary/aromatic N) is 3. The third kappa shape index (κ3) is 4.09. The van der Waals surface area contributed by atoms with E-state index in [9.17, 15) is 9.59 Å². The van der Waals surface area contributed by atoms with Gasteiger partial charge in [0.1, 0.15) is 0 Å². The molecule has 0 bridgehead atoms. The fraction of sp³-hybridized carbons (Fsp3) is 0.867. The second-order valence-corrected chi connectivity index (χ2v) is 6.48. The molecule has 2 heterocycles. The molecule has 0 saturated carbocycles. The van der Waals surface area contributed by atoms with Gasteiger partial charge in [0, 0.05) is 31.7 Å². The van der Waals surface area contributed by atoms with Gasteiger partial charge in [-0.15, -0.1) is 0 Å². The highest BCUT2D eigenvalue weighted by molar-refractivity contribution is 5.77. The van der Waals surface area contributed by atoms with E-state index in [1.165, 1.54) is 0 Å². The first kappa shape index (κ1) is 16.1. The minimum Gasteiger partial charge on any atom is -0.481 e. The van der Waals surface area contributed by atoms with E-state index >= 15 is 0 Å². The van der Waals surface area contributed by atoms with Crippen LogP contribution in [0.25, 0.3) is 0 Å². The molecule has 2 amide bonds. The topological polar surface area (TPSA) is 64.1 Å². The van der Waals surface area contributed by atoms with Crippen molar-refractivity contribution in [1.29, 1.82) is 0 Å². The number of hydrogen-bond donors (Lipinski definition) is 1. The first-order valence-corrected chi connectivity index (χ1v) is 7.93. The van der Waals surface area contributed by atoms with Crippen LogP contribution in [0.15, 0.2) is 0 Å². The summed E-state index contributed by atoms with van der Waals surface area (Å²) in [5.74, 6) is -0.814. The zero-order valence-electron chi connectivity index (χ0n) is 13.1. The first-order valence-electron chi connectivity index (χ1n) is 7.93. The molecule has 0 spiro atoms. The maximum absolute atomic E-state index is 12.8. The van der Waals surface area contributed by atoms with Crippen molar-refractivity contribution in [3.63, 3.8) is 0 Å². The Balaban J connectivity index is 2.03. The average molecular weight is 297 g/mol. The number of likely N-dealkylation sites (N-methyl/N-ethyl adjacent to an activating group) is 1. The highest BCUT2D eigenvalue weighted by atomic mass is 16.4. The molecule has 21 heavy (non-hydrogen) atoms. The van der Waals surface area contributed by atoms with Crippen molar-refractivity contribution in [2.75, 3.05) is 33.7 Å². The van der Waals surface area contributed by atoms with Gasteiger partial charge in [-0.1, -0.05) is 0 Å². The van der Waals surface area contributed by atoms with Crippen molar-refractivity contribution in [1.82, 2.24) is 14.7 Å². The predicted octanol–water partition coefficient (Wildman–Crippen LogP) is 1.46. The molecule has 0 aliphatic carbocycles. The Hall–Kier alpha value is -1.30. The second-order valence-electron chi connectivity index (χ2n) is 6.48. The minimum atomic E-state index is -0.814. The number of urea groups is 1. The molecule has 2 rings (SSSR count). The van der Waals surface area contributed by atoms with E-state index < -0.39 is 5.97 Å². The monoisotopic (exact) mass is 297 g/mol. The number of carbonyl (C=O) groups is 2. The molecule has 0 radical (unpaired) electrons. The van der Waals surface area contributed by atoms with Crippen LogP contribution in [0.5, 0.6) is 0 Å². The molecule has 6 nitrogen and oxygen atoms in total. The SMILES string of the molecule is CN(C)CC1CCCN1C(=O)N1CCCCC1CC(=O)O. The van der Waals surface area contributed by atoms with Crippen LogP contribution >= 0.6 is 0 Å². The second kappa shape index (κ2) is 7.11. The summed E-state index contributed by atoms with van der Waals surface area (Å²) in [7, 11) is 4.05. The van der Waals surface area contributed by atoms with Crippen LogP contribution < -0.4 is 0 Å². The largest absolute Gasteiger partial charge is 0.481 e. The van der Waals surface area contributed by atoms with Gasteiger partial charge in [-0.25, -0.2) is 4.79 Å². The molecule has 2 fully saturated rings. The van der Waals surface area contributed by atoms with Crippen LogP contribution in [0.1, 0.15) is 38.5 Å². The molecule has 0 aromatic heterocycles. The van der Waals surface area contributed by atoms with Gasteiger partial charge in [0.2, 0.25) is 0 Å². The van der Waals surface area contributed by atoms with Gasteiger partial charge in [-0.05, 0) is 46.2 Å². The summed E-state index contributed by atoms with van der Waals surface area (Å²) in [5, 5.41) is 9.04. The summed E-state index contributed by atoms with van der Waals surface area (Å²) in [4.78, 5) is 29.7. The number of piperidine rings is 1. The Morgan fingerprint density at radius 3 is 2.33 bits per heavy atom. The van der Waals surface area contributed by atoms with Gasteiger partial charge in [0.25, 0.3) is 0 Å². The minimum absolute atomic E-state index is 0.0466. The Morgan fingerprint density at radius 2 is 1.67 bits per heavy atom. The van der Waals surface area contributed by atoms with Gasteiger partial charge in [-0.3, -0.25) is 4.79 Å². The van der Waals surface area contributed by atoms with Crippen molar-refractivity contribution in [3.05, 3.63) is 0 Å². The Bertz CT molecular complexity index is 386. The average Bonchev–Trinajstić information content (AvgIpc) is 2.85. The molecule has 2 saturated heterocycles. The van der Waals surface area contributed by atoms with Gasteiger partial charge < -0.3 is 19.8 Å². The van der Waals surface area contributed by atoms with Crippen molar-refractivity contribution in [2.45, 2.75) is 50.6 Å². The van der Waals surface area contributed by atoms with E-state index in [0.717, 1.165) is 45.2 Å². The summed E-state index contributed by atoms with van der Waals surface area (Å²) in [6.07, 6.45) is 4.96. The maximum Gasteiger partial charge on any atom is 0.320 e. The molecule has 2 aliphatic rings. The molecule has 1 N–H and O–H groups in total. The summed E-state index contributed by atoms with van der Waals surface area (Å²) in [6.45, 7) is 2.37. The predicted molar refractivity (Wildman–Crippen MR) is 80.3 cm³/mol. The lowest BCUT2D eigenvalue weighted by atomic mass is 10.00. The van der Waals surface area contributed by atoms with Gasteiger partial charge >= 0.3 is 12.0 Å². The summed E-state index contributed by atoms with van der Waals surface area (Å²) < 4.78 is 0. The standard InChI is InChI=1S/C15H27N3O3/c1-16(2)11-13-7-5-9-18(13)15(21)17-8-4-3-6-12(17)10-14(19)20/h12-13H,3-11H2,1-2H3,(H,19,20). The Morgan fingerprint density at radius 1 is 1.05 bits per heavy atom. The van der Waals surface area contributed by atoms with Crippen molar-refractivity contribution in [3.8, 4) is 0 Å². The van der Waals surface area contributed by atoms with Crippen LogP contribution in [-0.4, -0.2) is 77.6 Å². The number of carboxylic acid groups (broad SMARTS) is 1. The van der Waals surface area contributed by atoms with Crippen LogP contribution in [0, 0.1) is 0 Å². The lowest BCUT2D eigenvalue weighted by Crippen LogP contribution is -2.53. The fourth-order valence-electron chi connectivity index (χ4n) is 3.53. The van der Waals surface area contributed by atoms with Crippen molar-refractivity contribution in [2.24, 2.45) is 0 Å². The van der Waals surface area contributed by atoms with Crippen LogP contribution in [0.3, 0.4) is 0 Å². The number of carbonyl (C=O) groups excluding carboxylic acids is 1. The van der Waals surface area contributed by atoms with Crippen LogP contribution in [0.2, 0.25) is 0 Å². The number of amides is 2. The molecule has 6 heteroatoms. The smallest absolute Gasteiger partial charge is 0.320 e.